The molecule has 0 aliphatic rings. The highest BCUT2D eigenvalue weighted by Gasteiger charge is 2.09. The molecule has 0 bridgehead atoms. The van der Waals surface area contributed by atoms with Gasteiger partial charge >= 0.3 is 0 Å². The number of unbranched alkanes of at least 4 members (excludes halogenated alkanes) is 3. The molecule has 0 spiro atoms. The second-order valence-electron chi connectivity index (χ2n) is 5.54. The molecule has 2 aromatic rings. The molecule has 0 atom stereocenters. The number of aromatic nitrogens is 1. The van der Waals surface area contributed by atoms with Crippen molar-refractivity contribution in [3.8, 4) is 16.9 Å². The highest BCUT2D eigenvalue weighted by atomic mass is 16.5. The summed E-state index contributed by atoms with van der Waals surface area (Å²) in [7, 11) is 0. The molecular weight excluding hydrogens is 258 g/mol. The molecule has 1 aromatic carbocycles. The molecule has 0 radical (unpaired) electrons. The molecular formula is C19H25NO. The number of nitrogens with zero attached hydrogens (tertiary/aromatic N) is 1. The SMILES string of the molecule is CCCCCCOc1cccc(C)c1-c1ccnc(C)c1. The van der Waals surface area contributed by atoms with Crippen molar-refractivity contribution in [3.63, 3.8) is 0 Å². The minimum absolute atomic E-state index is 0.792. The Bertz CT molecular complexity index is 578. The Morgan fingerprint density at radius 2 is 1.90 bits per heavy atom. The van der Waals surface area contributed by atoms with Crippen LogP contribution in [0.1, 0.15) is 43.9 Å². The lowest BCUT2D eigenvalue weighted by Crippen LogP contribution is -2.00. The van der Waals surface area contributed by atoms with E-state index < -0.39 is 0 Å². The van der Waals surface area contributed by atoms with Gasteiger partial charge in [-0.2, -0.15) is 0 Å². The van der Waals surface area contributed by atoms with Crippen LogP contribution < -0.4 is 4.74 Å². The quantitative estimate of drug-likeness (QED) is 0.641. The Morgan fingerprint density at radius 1 is 1.05 bits per heavy atom. The van der Waals surface area contributed by atoms with Crippen molar-refractivity contribution in [2.24, 2.45) is 0 Å². The van der Waals surface area contributed by atoms with Crippen LogP contribution in [0.2, 0.25) is 0 Å². The third-order valence-electron chi connectivity index (χ3n) is 3.68. The smallest absolute Gasteiger partial charge is 0.127 e. The van der Waals surface area contributed by atoms with Crippen molar-refractivity contribution in [1.82, 2.24) is 4.98 Å². The second kappa shape index (κ2) is 7.82. The van der Waals surface area contributed by atoms with Crippen molar-refractivity contribution in [3.05, 3.63) is 47.8 Å². The maximum atomic E-state index is 6.04. The fourth-order valence-corrected chi connectivity index (χ4v) is 2.54. The Labute approximate surface area is 128 Å². The number of aryl methyl sites for hydroxylation is 2. The first-order valence-corrected chi connectivity index (χ1v) is 7.88. The van der Waals surface area contributed by atoms with Crippen LogP contribution in [-0.2, 0) is 0 Å². The predicted octanol–water partition coefficient (Wildman–Crippen LogP) is 5.32. The van der Waals surface area contributed by atoms with Crippen LogP contribution in [0, 0.1) is 13.8 Å². The molecule has 0 aliphatic carbocycles. The molecule has 0 saturated carbocycles. The van der Waals surface area contributed by atoms with Gasteiger partial charge in [-0.3, -0.25) is 4.98 Å². The van der Waals surface area contributed by atoms with E-state index in [-0.39, 0.29) is 0 Å². The summed E-state index contributed by atoms with van der Waals surface area (Å²) >= 11 is 0. The first kappa shape index (κ1) is 15.6. The fourth-order valence-electron chi connectivity index (χ4n) is 2.54. The molecule has 2 nitrogen and oxygen atoms in total. The van der Waals surface area contributed by atoms with E-state index in [1.165, 1.54) is 36.0 Å². The van der Waals surface area contributed by atoms with Gasteiger partial charge in [0.05, 0.1) is 6.61 Å². The van der Waals surface area contributed by atoms with Gasteiger partial charge in [-0.15, -0.1) is 0 Å². The van der Waals surface area contributed by atoms with E-state index >= 15 is 0 Å². The van der Waals surface area contributed by atoms with Crippen molar-refractivity contribution >= 4 is 0 Å². The van der Waals surface area contributed by atoms with E-state index in [1.54, 1.807) is 0 Å². The maximum Gasteiger partial charge on any atom is 0.127 e. The lowest BCUT2D eigenvalue weighted by molar-refractivity contribution is 0.306. The zero-order chi connectivity index (χ0) is 15.1. The molecule has 1 heterocycles. The number of hydrogen-bond donors (Lipinski definition) is 0. The highest BCUT2D eigenvalue weighted by molar-refractivity contribution is 5.73. The van der Waals surface area contributed by atoms with Gasteiger partial charge in [0, 0.05) is 17.5 Å². The average Bonchev–Trinajstić information content (AvgIpc) is 2.47. The Hall–Kier alpha value is -1.83. The van der Waals surface area contributed by atoms with Gasteiger partial charge < -0.3 is 4.74 Å². The molecule has 0 unspecified atom stereocenters. The molecule has 0 fully saturated rings. The Morgan fingerprint density at radius 3 is 2.67 bits per heavy atom. The highest BCUT2D eigenvalue weighted by Crippen LogP contribution is 2.33. The molecule has 112 valence electrons. The number of hydrogen-bond acceptors (Lipinski definition) is 2. The van der Waals surface area contributed by atoms with Crippen molar-refractivity contribution in [2.75, 3.05) is 6.61 Å². The van der Waals surface area contributed by atoms with E-state index in [2.05, 4.69) is 49.2 Å². The van der Waals surface area contributed by atoms with E-state index in [4.69, 9.17) is 4.74 Å². The zero-order valence-corrected chi connectivity index (χ0v) is 13.4. The molecule has 0 aliphatic heterocycles. The van der Waals surface area contributed by atoms with Gasteiger partial charge in [0.15, 0.2) is 0 Å². The molecule has 2 rings (SSSR count). The first-order valence-electron chi connectivity index (χ1n) is 7.88. The minimum Gasteiger partial charge on any atom is -0.493 e. The van der Waals surface area contributed by atoms with Crippen molar-refractivity contribution in [1.29, 1.82) is 0 Å². The summed E-state index contributed by atoms with van der Waals surface area (Å²) in [6.45, 7) is 7.17. The summed E-state index contributed by atoms with van der Waals surface area (Å²) in [5.41, 5.74) is 4.65. The Kier molecular flexibility index (Phi) is 5.79. The summed E-state index contributed by atoms with van der Waals surface area (Å²) in [5.74, 6) is 0.983. The van der Waals surface area contributed by atoms with Gasteiger partial charge in [0.1, 0.15) is 5.75 Å². The fraction of sp³-hybridized carbons (Fsp3) is 0.421. The summed E-state index contributed by atoms with van der Waals surface area (Å²) in [5, 5.41) is 0. The van der Waals surface area contributed by atoms with Crippen molar-refractivity contribution in [2.45, 2.75) is 46.5 Å². The maximum absolute atomic E-state index is 6.04. The minimum atomic E-state index is 0.792. The predicted molar refractivity (Wildman–Crippen MR) is 88.8 cm³/mol. The zero-order valence-electron chi connectivity index (χ0n) is 13.4. The van der Waals surface area contributed by atoms with Gasteiger partial charge in [0.25, 0.3) is 0 Å². The summed E-state index contributed by atoms with van der Waals surface area (Å²) in [6, 6.07) is 10.4. The Balaban J connectivity index is 2.16. The normalized spacial score (nSPS) is 10.6. The van der Waals surface area contributed by atoms with Crippen LogP contribution in [-0.4, -0.2) is 11.6 Å². The van der Waals surface area contributed by atoms with E-state index in [9.17, 15) is 0 Å². The van der Waals surface area contributed by atoms with Crippen LogP contribution in [0.25, 0.3) is 11.1 Å². The number of pyridine rings is 1. The number of benzene rings is 1. The van der Waals surface area contributed by atoms with Crippen LogP contribution in [0.3, 0.4) is 0 Å². The van der Waals surface area contributed by atoms with E-state index in [0.29, 0.717) is 0 Å². The summed E-state index contributed by atoms with van der Waals surface area (Å²) in [4.78, 5) is 4.28. The standard InChI is InChI=1S/C19H25NO/c1-4-5-6-7-13-21-18-10-8-9-15(2)19(18)17-11-12-20-16(3)14-17/h8-12,14H,4-7,13H2,1-3H3. The summed E-state index contributed by atoms with van der Waals surface area (Å²) in [6.07, 6.45) is 6.77. The molecule has 21 heavy (non-hydrogen) atoms. The lowest BCUT2D eigenvalue weighted by Gasteiger charge is -2.14. The van der Waals surface area contributed by atoms with Crippen LogP contribution in [0.4, 0.5) is 0 Å². The van der Waals surface area contributed by atoms with Crippen LogP contribution >= 0.6 is 0 Å². The van der Waals surface area contributed by atoms with E-state index in [1.807, 2.05) is 13.1 Å². The molecule has 0 amide bonds. The van der Waals surface area contributed by atoms with Crippen LogP contribution in [0.15, 0.2) is 36.5 Å². The lowest BCUT2D eigenvalue weighted by atomic mass is 10.00. The van der Waals surface area contributed by atoms with Gasteiger partial charge in [-0.05, 0) is 49.6 Å². The van der Waals surface area contributed by atoms with Gasteiger partial charge in [0.2, 0.25) is 0 Å². The third-order valence-corrected chi connectivity index (χ3v) is 3.68. The second-order valence-corrected chi connectivity index (χ2v) is 5.54. The van der Waals surface area contributed by atoms with E-state index in [0.717, 1.165) is 24.5 Å². The third kappa shape index (κ3) is 4.32. The average molecular weight is 283 g/mol. The monoisotopic (exact) mass is 283 g/mol. The topological polar surface area (TPSA) is 22.1 Å². The van der Waals surface area contributed by atoms with Crippen molar-refractivity contribution < 1.29 is 4.74 Å². The molecule has 0 N–H and O–H groups in total. The molecule has 0 saturated heterocycles. The number of rotatable bonds is 7. The van der Waals surface area contributed by atoms with Gasteiger partial charge in [-0.1, -0.05) is 38.3 Å². The number of ether oxygens (including phenoxy) is 1. The summed E-state index contributed by atoms with van der Waals surface area (Å²) < 4.78 is 6.04. The van der Waals surface area contributed by atoms with Crippen LogP contribution in [0.5, 0.6) is 5.75 Å². The largest absolute Gasteiger partial charge is 0.493 e. The van der Waals surface area contributed by atoms with Gasteiger partial charge in [-0.25, -0.2) is 0 Å². The molecule has 2 heteroatoms. The molecule has 1 aromatic heterocycles. The first-order chi connectivity index (χ1) is 10.2.